The van der Waals surface area contributed by atoms with Gasteiger partial charge in [-0.3, -0.25) is 0 Å². The number of ether oxygens (including phenoxy) is 1. The van der Waals surface area contributed by atoms with Crippen molar-refractivity contribution in [3.05, 3.63) is 35.4 Å². The van der Waals surface area contributed by atoms with E-state index in [1.165, 1.54) is 13.4 Å². The third-order valence-corrected chi connectivity index (χ3v) is 5.36. The van der Waals surface area contributed by atoms with Crippen molar-refractivity contribution in [3.8, 4) is 6.07 Å². The van der Waals surface area contributed by atoms with Crippen LogP contribution in [0, 0.1) is 23.7 Å². The predicted octanol–water partition coefficient (Wildman–Crippen LogP) is 1.66. The Kier molecular flexibility index (Phi) is 3.41. The molecule has 1 aromatic rings. The maximum Gasteiger partial charge on any atom is 0.152 e. The number of nitriles is 1. The molecule has 0 heterocycles. The van der Waals surface area contributed by atoms with Gasteiger partial charge in [-0.15, -0.1) is 0 Å². The summed E-state index contributed by atoms with van der Waals surface area (Å²) < 4.78 is 28.8. The van der Waals surface area contributed by atoms with Gasteiger partial charge in [0.2, 0.25) is 0 Å². The lowest BCUT2D eigenvalue weighted by molar-refractivity contribution is 0.162. The van der Waals surface area contributed by atoms with Gasteiger partial charge in [0.25, 0.3) is 0 Å². The minimum Gasteiger partial charge on any atom is -0.383 e. The fraction of sp³-hybridized carbons (Fsp3) is 0.500. The van der Waals surface area contributed by atoms with Crippen LogP contribution in [0.1, 0.15) is 17.0 Å². The molecule has 1 aromatic carbocycles. The highest BCUT2D eigenvalue weighted by Gasteiger charge is 2.71. The Morgan fingerprint density at radius 2 is 1.95 bits per heavy atom. The van der Waals surface area contributed by atoms with Gasteiger partial charge in [-0.2, -0.15) is 5.26 Å². The highest BCUT2D eigenvalue weighted by atomic mass is 32.2. The molecule has 2 rings (SSSR count). The van der Waals surface area contributed by atoms with Gasteiger partial charge in [0.1, 0.15) is 5.41 Å². The van der Waals surface area contributed by atoms with E-state index in [0.717, 1.165) is 11.1 Å². The third kappa shape index (κ3) is 2.26. The molecule has 0 bridgehead atoms. The molecular formula is C14H17NO3S. The van der Waals surface area contributed by atoms with Crippen molar-refractivity contribution in [2.75, 3.05) is 20.0 Å². The maximum atomic E-state index is 11.9. The molecule has 0 radical (unpaired) electrons. The van der Waals surface area contributed by atoms with E-state index >= 15 is 0 Å². The number of benzene rings is 1. The number of rotatable bonds is 4. The molecule has 1 aliphatic carbocycles. The largest absolute Gasteiger partial charge is 0.383 e. The Morgan fingerprint density at radius 1 is 1.37 bits per heavy atom. The number of sulfone groups is 1. The van der Waals surface area contributed by atoms with Crippen LogP contribution in [-0.4, -0.2) is 33.6 Å². The summed E-state index contributed by atoms with van der Waals surface area (Å²) in [5, 5.41) is 8.74. The average Bonchev–Trinajstić information content (AvgIpc) is 3.00. The van der Waals surface area contributed by atoms with Crippen LogP contribution in [0.2, 0.25) is 0 Å². The van der Waals surface area contributed by atoms with Crippen LogP contribution in [0.5, 0.6) is 0 Å². The summed E-state index contributed by atoms with van der Waals surface area (Å²) in [6, 6.07) is 9.83. The van der Waals surface area contributed by atoms with Gasteiger partial charge in [0, 0.05) is 19.3 Å². The van der Waals surface area contributed by atoms with E-state index in [4.69, 9.17) is 4.74 Å². The highest BCUT2D eigenvalue weighted by molar-refractivity contribution is 7.91. The molecule has 4 nitrogen and oxygen atoms in total. The molecule has 0 saturated heterocycles. The van der Waals surface area contributed by atoms with Crippen LogP contribution in [0.4, 0.5) is 0 Å². The zero-order valence-corrected chi connectivity index (χ0v) is 12.1. The molecular weight excluding hydrogens is 262 g/mol. The molecule has 1 fully saturated rings. The van der Waals surface area contributed by atoms with Crippen molar-refractivity contribution in [1.29, 1.82) is 5.26 Å². The minimum atomic E-state index is -3.28. The summed E-state index contributed by atoms with van der Waals surface area (Å²) in [6.07, 6.45) is 1.19. The molecule has 0 unspecified atom stereocenters. The zero-order valence-electron chi connectivity index (χ0n) is 11.3. The second-order valence-electron chi connectivity index (χ2n) is 5.22. The molecule has 0 amide bonds. The van der Waals surface area contributed by atoms with Crippen molar-refractivity contribution in [1.82, 2.24) is 0 Å². The van der Waals surface area contributed by atoms with Crippen molar-refractivity contribution in [3.63, 3.8) is 0 Å². The maximum absolute atomic E-state index is 11.9. The fourth-order valence-electron chi connectivity index (χ4n) is 2.86. The quantitative estimate of drug-likeness (QED) is 0.840. The van der Waals surface area contributed by atoms with Gasteiger partial charge in [-0.1, -0.05) is 29.8 Å². The van der Waals surface area contributed by atoms with Gasteiger partial charge < -0.3 is 4.74 Å². The first-order valence-corrected chi connectivity index (χ1v) is 7.98. The second-order valence-corrected chi connectivity index (χ2v) is 7.39. The van der Waals surface area contributed by atoms with Crippen molar-refractivity contribution < 1.29 is 13.2 Å². The second kappa shape index (κ2) is 4.62. The van der Waals surface area contributed by atoms with Gasteiger partial charge in [0.15, 0.2) is 9.84 Å². The van der Waals surface area contributed by atoms with Crippen molar-refractivity contribution in [2.45, 2.75) is 18.1 Å². The van der Waals surface area contributed by atoms with Gasteiger partial charge >= 0.3 is 0 Å². The van der Waals surface area contributed by atoms with E-state index in [-0.39, 0.29) is 12.5 Å². The van der Waals surface area contributed by atoms with E-state index in [2.05, 4.69) is 6.07 Å². The van der Waals surface area contributed by atoms with E-state index in [0.29, 0.717) is 0 Å². The Bertz CT molecular complexity index is 615. The van der Waals surface area contributed by atoms with Crippen LogP contribution in [0.15, 0.2) is 24.3 Å². The fourth-order valence-corrected chi connectivity index (χ4v) is 4.70. The molecule has 102 valence electrons. The molecule has 19 heavy (non-hydrogen) atoms. The smallest absolute Gasteiger partial charge is 0.152 e. The Balaban J connectivity index is 2.44. The van der Waals surface area contributed by atoms with E-state index in [1.54, 1.807) is 0 Å². The Labute approximate surface area is 113 Å². The number of nitrogens with zero attached hydrogens (tertiary/aromatic N) is 1. The standard InChI is InChI=1S/C14H17NO3S/c1-10-4-6-11(7-5-10)12-13(19(3,16)17)14(12,8-15)9-18-2/h4-7,12-13H,9H2,1-3H3/t12-,13+,14-/m1/s1. The first kappa shape index (κ1) is 14.0. The predicted molar refractivity (Wildman–Crippen MR) is 72.5 cm³/mol. The Morgan fingerprint density at radius 3 is 2.37 bits per heavy atom. The van der Waals surface area contributed by atoms with Crippen LogP contribution in [-0.2, 0) is 14.6 Å². The summed E-state index contributed by atoms with van der Waals surface area (Å²) in [4.78, 5) is 0. The molecule has 0 aromatic heterocycles. The van der Waals surface area contributed by atoms with Gasteiger partial charge in [-0.25, -0.2) is 8.42 Å². The van der Waals surface area contributed by atoms with Crippen LogP contribution < -0.4 is 0 Å². The normalized spacial score (nSPS) is 29.8. The lowest BCUT2D eigenvalue weighted by Crippen LogP contribution is -2.17. The first-order valence-electron chi connectivity index (χ1n) is 6.02. The number of hydrogen-bond acceptors (Lipinski definition) is 4. The molecule has 0 N–H and O–H groups in total. The summed E-state index contributed by atoms with van der Waals surface area (Å²) in [7, 11) is -1.79. The van der Waals surface area contributed by atoms with E-state index < -0.39 is 20.5 Å². The van der Waals surface area contributed by atoms with Gasteiger partial charge in [-0.05, 0) is 12.5 Å². The molecule has 1 saturated carbocycles. The molecule has 3 atom stereocenters. The highest BCUT2D eigenvalue weighted by Crippen LogP contribution is 2.62. The van der Waals surface area contributed by atoms with Crippen LogP contribution in [0.3, 0.4) is 0 Å². The summed E-state index contributed by atoms with van der Waals surface area (Å²) in [6.45, 7) is 2.11. The lowest BCUT2D eigenvalue weighted by atomic mass is 10.0. The van der Waals surface area contributed by atoms with E-state index in [9.17, 15) is 13.7 Å². The van der Waals surface area contributed by atoms with Crippen LogP contribution >= 0.6 is 0 Å². The molecule has 5 heteroatoms. The summed E-state index contributed by atoms with van der Waals surface area (Å²) in [5.74, 6) is -0.298. The van der Waals surface area contributed by atoms with E-state index in [1.807, 2.05) is 31.2 Å². The summed E-state index contributed by atoms with van der Waals surface area (Å²) in [5.41, 5.74) is 1.05. The monoisotopic (exact) mass is 279 g/mol. The summed E-state index contributed by atoms with van der Waals surface area (Å²) >= 11 is 0. The molecule has 0 aliphatic heterocycles. The number of hydrogen-bond donors (Lipinski definition) is 0. The first-order chi connectivity index (χ1) is 8.86. The number of methoxy groups -OCH3 is 1. The minimum absolute atomic E-state index is 0.139. The SMILES string of the molecule is COC[C@]1(C#N)[C@H](c2ccc(C)cc2)[C@@H]1S(C)(=O)=O. The average molecular weight is 279 g/mol. The lowest BCUT2D eigenvalue weighted by Gasteiger charge is -2.07. The van der Waals surface area contributed by atoms with Crippen LogP contribution in [0.25, 0.3) is 0 Å². The van der Waals surface area contributed by atoms with Crippen molar-refractivity contribution >= 4 is 9.84 Å². The molecule has 1 aliphatic rings. The zero-order chi connectivity index (χ0) is 14.3. The Hall–Kier alpha value is -1.38. The van der Waals surface area contributed by atoms with Crippen molar-refractivity contribution in [2.24, 2.45) is 5.41 Å². The third-order valence-electron chi connectivity index (χ3n) is 3.75. The molecule has 0 spiro atoms. The number of aryl methyl sites for hydroxylation is 1. The topological polar surface area (TPSA) is 67.2 Å². The van der Waals surface area contributed by atoms with Gasteiger partial charge in [0.05, 0.1) is 17.9 Å².